The first-order valence-electron chi connectivity index (χ1n) is 11.8. The van der Waals surface area contributed by atoms with Crippen molar-refractivity contribution < 1.29 is 19.0 Å². The first-order valence-corrected chi connectivity index (χ1v) is 11.8. The van der Waals surface area contributed by atoms with E-state index in [0.717, 1.165) is 5.56 Å². The zero-order valence-electron chi connectivity index (χ0n) is 20.6. The summed E-state index contributed by atoms with van der Waals surface area (Å²) in [5, 5.41) is 0.488. The largest absolute Gasteiger partial charge is 0.495 e. The van der Waals surface area contributed by atoms with Gasteiger partial charge in [0.05, 0.1) is 29.7 Å². The quantitative estimate of drug-likeness (QED) is 0.395. The SMILES string of the molecule is CCN(C(=O)c1ccc2c(c1)OCO2)C(C)c1nc2ccccc2c(=O)n1-c1cc(C)ccc1OC. The molecule has 1 aliphatic rings. The number of aromatic nitrogens is 2. The first-order chi connectivity index (χ1) is 17.4. The maximum absolute atomic E-state index is 13.8. The van der Waals surface area contributed by atoms with Crippen LogP contribution in [0.5, 0.6) is 17.2 Å². The number of rotatable bonds is 6. The van der Waals surface area contributed by atoms with Crippen LogP contribution in [0.4, 0.5) is 0 Å². The van der Waals surface area contributed by atoms with Gasteiger partial charge in [-0.1, -0.05) is 18.2 Å². The number of hydrogen-bond donors (Lipinski definition) is 0. The van der Waals surface area contributed by atoms with E-state index in [1.807, 2.05) is 51.1 Å². The van der Waals surface area contributed by atoms with Crippen molar-refractivity contribution >= 4 is 16.8 Å². The van der Waals surface area contributed by atoms with Crippen LogP contribution in [0.1, 0.15) is 41.6 Å². The summed E-state index contributed by atoms with van der Waals surface area (Å²) in [7, 11) is 1.57. The van der Waals surface area contributed by atoms with Crippen molar-refractivity contribution in [2.24, 2.45) is 0 Å². The fourth-order valence-corrected chi connectivity index (χ4v) is 4.57. The van der Waals surface area contributed by atoms with E-state index in [9.17, 15) is 9.59 Å². The zero-order chi connectivity index (χ0) is 25.4. The van der Waals surface area contributed by atoms with E-state index in [0.29, 0.717) is 51.8 Å². The second-order valence-corrected chi connectivity index (χ2v) is 8.64. The molecule has 0 radical (unpaired) electrons. The number of fused-ring (bicyclic) bond motifs is 2. The minimum Gasteiger partial charge on any atom is -0.495 e. The Hall–Kier alpha value is -4.33. The lowest BCUT2D eigenvalue weighted by atomic mass is 10.1. The Kier molecular flexibility index (Phi) is 6.10. The molecule has 0 aliphatic carbocycles. The van der Waals surface area contributed by atoms with Gasteiger partial charge in [0.15, 0.2) is 11.5 Å². The molecule has 0 saturated carbocycles. The minimum absolute atomic E-state index is 0.131. The summed E-state index contributed by atoms with van der Waals surface area (Å²) in [6, 6.07) is 17.5. The molecule has 2 heterocycles. The van der Waals surface area contributed by atoms with E-state index in [-0.39, 0.29) is 18.3 Å². The van der Waals surface area contributed by atoms with Gasteiger partial charge in [0.2, 0.25) is 6.79 Å². The maximum Gasteiger partial charge on any atom is 0.266 e. The molecule has 1 aliphatic heterocycles. The second-order valence-electron chi connectivity index (χ2n) is 8.64. The van der Waals surface area contributed by atoms with Crippen LogP contribution in [0.3, 0.4) is 0 Å². The third-order valence-electron chi connectivity index (χ3n) is 6.44. The Morgan fingerprint density at radius 2 is 1.89 bits per heavy atom. The van der Waals surface area contributed by atoms with Crippen LogP contribution in [-0.4, -0.2) is 40.8 Å². The number of carbonyl (C=O) groups is 1. The van der Waals surface area contributed by atoms with E-state index in [4.69, 9.17) is 19.2 Å². The normalized spacial score (nSPS) is 13.0. The van der Waals surface area contributed by atoms with E-state index < -0.39 is 6.04 Å². The van der Waals surface area contributed by atoms with Gasteiger partial charge >= 0.3 is 0 Å². The molecule has 1 aromatic heterocycles. The molecule has 1 atom stereocenters. The number of aryl methyl sites for hydroxylation is 1. The Bertz CT molecular complexity index is 1530. The first kappa shape index (κ1) is 23.4. The summed E-state index contributed by atoms with van der Waals surface area (Å²) < 4.78 is 18.0. The Morgan fingerprint density at radius 1 is 1.11 bits per heavy atom. The predicted octanol–water partition coefficient (Wildman–Crippen LogP) is 4.65. The predicted molar refractivity (Wildman–Crippen MR) is 136 cm³/mol. The fraction of sp³-hybridized carbons (Fsp3) is 0.250. The number of ether oxygens (including phenoxy) is 3. The number of amides is 1. The van der Waals surface area contributed by atoms with E-state index in [1.165, 1.54) is 0 Å². The van der Waals surface area contributed by atoms with Gasteiger partial charge in [0.25, 0.3) is 11.5 Å². The molecule has 8 heteroatoms. The van der Waals surface area contributed by atoms with Crippen LogP contribution in [0, 0.1) is 6.92 Å². The number of nitrogens with zero attached hydrogens (tertiary/aromatic N) is 3. The number of benzene rings is 3. The number of para-hydroxylation sites is 1. The van der Waals surface area contributed by atoms with Gasteiger partial charge in [-0.05, 0) is 68.8 Å². The highest BCUT2D eigenvalue weighted by molar-refractivity contribution is 5.95. The molecule has 5 rings (SSSR count). The number of hydrogen-bond acceptors (Lipinski definition) is 6. The van der Waals surface area contributed by atoms with Crippen molar-refractivity contribution in [1.82, 2.24) is 14.5 Å². The van der Waals surface area contributed by atoms with Crippen LogP contribution >= 0.6 is 0 Å². The van der Waals surface area contributed by atoms with Crippen molar-refractivity contribution in [3.63, 3.8) is 0 Å². The average Bonchev–Trinajstić information content (AvgIpc) is 3.37. The highest BCUT2D eigenvalue weighted by atomic mass is 16.7. The van der Waals surface area contributed by atoms with Crippen LogP contribution in [0.2, 0.25) is 0 Å². The van der Waals surface area contributed by atoms with Crippen molar-refractivity contribution in [1.29, 1.82) is 0 Å². The molecular weight excluding hydrogens is 458 g/mol. The fourth-order valence-electron chi connectivity index (χ4n) is 4.57. The molecule has 1 unspecified atom stereocenters. The number of methoxy groups -OCH3 is 1. The van der Waals surface area contributed by atoms with E-state index >= 15 is 0 Å². The molecule has 4 aromatic rings. The molecule has 0 bridgehead atoms. The molecule has 0 N–H and O–H groups in total. The summed E-state index contributed by atoms with van der Waals surface area (Å²) in [5.41, 5.74) is 2.36. The Balaban J connectivity index is 1.68. The van der Waals surface area contributed by atoms with Gasteiger partial charge in [-0.3, -0.25) is 14.2 Å². The Labute approximate surface area is 208 Å². The maximum atomic E-state index is 13.8. The summed E-state index contributed by atoms with van der Waals surface area (Å²) in [6.07, 6.45) is 0. The molecule has 0 fully saturated rings. The zero-order valence-corrected chi connectivity index (χ0v) is 20.6. The smallest absolute Gasteiger partial charge is 0.266 e. The van der Waals surface area contributed by atoms with Gasteiger partial charge in [-0.25, -0.2) is 4.98 Å². The van der Waals surface area contributed by atoms with Crippen molar-refractivity contribution in [3.8, 4) is 22.9 Å². The van der Waals surface area contributed by atoms with Gasteiger partial charge in [0.1, 0.15) is 11.6 Å². The highest BCUT2D eigenvalue weighted by Crippen LogP contribution is 2.34. The highest BCUT2D eigenvalue weighted by Gasteiger charge is 2.28. The van der Waals surface area contributed by atoms with Gasteiger partial charge < -0.3 is 19.1 Å². The molecule has 1 amide bonds. The molecule has 0 spiro atoms. The van der Waals surface area contributed by atoms with E-state index in [2.05, 4.69) is 0 Å². The lowest BCUT2D eigenvalue weighted by Crippen LogP contribution is -2.37. The number of carbonyl (C=O) groups excluding carboxylic acids is 1. The lowest BCUT2D eigenvalue weighted by Gasteiger charge is -2.30. The summed E-state index contributed by atoms with van der Waals surface area (Å²) in [5.74, 6) is 1.93. The summed E-state index contributed by atoms with van der Waals surface area (Å²) in [6.45, 7) is 6.27. The molecule has 8 nitrogen and oxygen atoms in total. The standard InChI is InChI=1S/C28H27N3O5/c1-5-30(27(32)19-11-13-24-25(15-19)36-16-35-24)18(3)26-29-21-9-7-6-8-20(21)28(33)31(26)22-14-17(2)10-12-23(22)34-4/h6-15,18H,5,16H2,1-4H3. The Morgan fingerprint density at radius 3 is 2.67 bits per heavy atom. The van der Waals surface area contributed by atoms with Crippen LogP contribution < -0.4 is 19.8 Å². The minimum atomic E-state index is -0.532. The van der Waals surface area contributed by atoms with Crippen molar-refractivity contribution in [2.45, 2.75) is 26.8 Å². The van der Waals surface area contributed by atoms with Crippen LogP contribution in [0.25, 0.3) is 16.6 Å². The third kappa shape index (κ3) is 3.94. The van der Waals surface area contributed by atoms with Gasteiger partial charge in [-0.2, -0.15) is 0 Å². The topological polar surface area (TPSA) is 82.9 Å². The molecule has 3 aromatic carbocycles. The van der Waals surface area contributed by atoms with Crippen LogP contribution in [-0.2, 0) is 0 Å². The molecule has 0 saturated heterocycles. The van der Waals surface area contributed by atoms with Gasteiger partial charge in [0, 0.05) is 12.1 Å². The van der Waals surface area contributed by atoms with E-state index in [1.54, 1.807) is 46.9 Å². The summed E-state index contributed by atoms with van der Waals surface area (Å²) >= 11 is 0. The lowest BCUT2D eigenvalue weighted by molar-refractivity contribution is 0.0692. The monoisotopic (exact) mass is 485 g/mol. The average molecular weight is 486 g/mol. The summed E-state index contributed by atoms with van der Waals surface area (Å²) in [4.78, 5) is 34.1. The van der Waals surface area contributed by atoms with Crippen molar-refractivity contribution in [2.75, 3.05) is 20.4 Å². The molecule has 36 heavy (non-hydrogen) atoms. The van der Waals surface area contributed by atoms with Crippen molar-refractivity contribution in [3.05, 3.63) is 88.0 Å². The van der Waals surface area contributed by atoms with Gasteiger partial charge in [-0.15, -0.1) is 0 Å². The molecular formula is C28H27N3O5. The molecule has 184 valence electrons. The van der Waals surface area contributed by atoms with Crippen LogP contribution in [0.15, 0.2) is 65.5 Å². The third-order valence-corrected chi connectivity index (χ3v) is 6.44. The second kappa shape index (κ2) is 9.37.